The predicted octanol–water partition coefficient (Wildman–Crippen LogP) is 2.52. The third kappa shape index (κ3) is 4.18. The maximum absolute atomic E-state index is 12.8. The molecule has 1 saturated heterocycles. The molecule has 0 bridgehead atoms. The average molecular weight is 418 g/mol. The molecule has 1 amide bonds. The van der Waals surface area contributed by atoms with Crippen LogP contribution in [0.2, 0.25) is 0 Å². The van der Waals surface area contributed by atoms with Gasteiger partial charge in [-0.25, -0.2) is 0 Å². The summed E-state index contributed by atoms with van der Waals surface area (Å²) >= 11 is 0. The number of hydrogen-bond donors (Lipinski definition) is 1. The van der Waals surface area contributed by atoms with Gasteiger partial charge >= 0.3 is 0 Å². The summed E-state index contributed by atoms with van der Waals surface area (Å²) < 4.78 is 7.38. The van der Waals surface area contributed by atoms with E-state index in [4.69, 9.17) is 4.74 Å². The number of ether oxygens (including phenoxy) is 1. The van der Waals surface area contributed by atoms with E-state index < -0.39 is 0 Å². The Kier molecular flexibility index (Phi) is 5.42. The van der Waals surface area contributed by atoms with Crippen molar-refractivity contribution in [2.75, 3.05) is 20.2 Å². The van der Waals surface area contributed by atoms with Crippen molar-refractivity contribution >= 4 is 5.91 Å². The largest absolute Gasteiger partial charge is 0.497 e. The normalized spacial score (nSPS) is 20.2. The number of aromatic nitrogens is 3. The van der Waals surface area contributed by atoms with E-state index in [9.17, 15) is 4.79 Å². The number of hydrogen-bond acceptors (Lipinski definition) is 5. The van der Waals surface area contributed by atoms with Crippen molar-refractivity contribution < 1.29 is 9.53 Å². The summed E-state index contributed by atoms with van der Waals surface area (Å²) in [6.45, 7) is 4.27. The van der Waals surface area contributed by atoms with Gasteiger partial charge < -0.3 is 14.6 Å². The van der Waals surface area contributed by atoms with Crippen LogP contribution in [0.1, 0.15) is 27.6 Å². The van der Waals surface area contributed by atoms with E-state index >= 15 is 0 Å². The van der Waals surface area contributed by atoms with Crippen LogP contribution in [-0.2, 0) is 26.1 Å². The van der Waals surface area contributed by atoms with Gasteiger partial charge in [0.25, 0.3) is 5.91 Å². The minimum absolute atomic E-state index is 0.160. The lowest BCUT2D eigenvalue weighted by Crippen LogP contribution is -2.32. The summed E-state index contributed by atoms with van der Waals surface area (Å²) in [7, 11) is 1.70. The highest BCUT2D eigenvalue weighted by Gasteiger charge is 2.39. The first-order chi connectivity index (χ1) is 15.2. The maximum Gasteiger partial charge on any atom is 0.289 e. The minimum Gasteiger partial charge on any atom is -0.497 e. The molecular formula is C24H27N5O2. The van der Waals surface area contributed by atoms with Crippen LogP contribution in [0.15, 0.2) is 54.6 Å². The number of rotatable bonds is 6. The van der Waals surface area contributed by atoms with Crippen molar-refractivity contribution in [1.29, 1.82) is 0 Å². The molecule has 0 radical (unpaired) electrons. The molecule has 2 aromatic carbocycles. The fourth-order valence-electron chi connectivity index (χ4n) is 4.80. The van der Waals surface area contributed by atoms with Gasteiger partial charge in [0.15, 0.2) is 0 Å². The quantitative estimate of drug-likeness (QED) is 0.667. The summed E-state index contributed by atoms with van der Waals surface area (Å²) in [5.41, 5.74) is 2.33. The zero-order valence-corrected chi connectivity index (χ0v) is 17.7. The Morgan fingerprint density at radius 3 is 2.68 bits per heavy atom. The van der Waals surface area contributed by atoms with Gasteiger partial charge in [0.1, 0.15) is 11.6 Å². The van der Waals surface area contributed by atoms with E-state index in [1.54, 1.807) is 7.11 Å². The summed E-state index contributed by atoms with van der Waals surface area (Å²) in [5, 5.41) is 11.5. The molecule has 7 nitrogen and oxygen atoms in total. The van der Waals surface area contributed by atoms with Gasteiger partial charge in [0.2, 0.25) is 5.82 Å². The van der Waals surface area contributed by atoms with Crippen LogP contribution in [0, 0.1) is 11.8 Å². The molecule has 160 valence electrons. The SMILES string of the molecule is COc1cccc(CN2C[C@@H]3Cn4c(nnc4C(=O)NCc4ccccc4)C[C@H]3C2)c1. The molecule has 1 fully saturated rings. The Bertz CT molecular complexity index is 1060. The van der Waals surface area contributed by atoms with Crippen LogP contribution < -0.4 is 10.1 Å². The Balaban J connectivity index is 1.23. The molecule has 2 aliphatic rings. The highest BCUT2D eigenvalue weighted by Crippen LogP contribution is 2.33. The van der Waals surface area contributed by atoms with E-state index in [2.05, 4.69) is 32.5 Å². The Hall–Kier alpha value is -3.19. The van der Waals surface area contributed by atoms with E-state index in [1.165, 1.54) is 5.56 Å². The Labute approximate surface area is 182 Å². The predicted molar refractivity (Wildman–Crippen MR) is 117 cm³/mol. The summed E-state index contributed by atoms with van der Waals surface area (Å²) in [5.74, 6) is 3.15. The number of likely N-dealkylation sites (tertiary alicyclic amines) is 1. The molecule has 0 saturated carbocycles. The lowest BCUT2D eigenvalue weighted by atomic mass is 9.89. The second-order valence-corrected chi connectivity index (χ2v) is 8.49. The summed E-state index contributed by atoms with van der Waals surface area (Å²) in [6, 6.07) is 18.2. The first-order valence-electron chi connectivity index (χ1n) is 10.8. The summed E-state index contributed by atoms with van der Waals surface area (Å²) in [4.78, 5) is 15.3. The first-order valence-corrected chi connectivity index (χ1v) is 10.8. The van der Waals surface area contributed by atoms with Crippen molar-refractivity contribution in [2.45, 2.75) is 26.1 Å². The highest BCUT2D eigenvalue weighted by atomic mass is 16.5. The van der Waals surface area contributed by atoms with Crippen molar-refractivity contribution in [2.24, 2.45) is 11.8 Å². The van der Waals surface area contributed by atoms with Crippen LogP contribution in [0.25, 0.3) is 0 Å². The molecule has 3 heterocycles. The average Bonchev–Trinajstić information content (AvgIpc) is 3.39. The molecule has 1 N–H and O–H groups in total. The lowest BCUT2D eigenvalue weighted by molar-refractivity contribution is 0.0932. The topological polar surface area (TPSA) is 72.3 Å². The van der Waals surface area contributed by atoms with E-state index in [1.807, 2.05) is 47.0 Å². The third-order valence-corrected chi connectivity index (χ3v) is 6.38. The monoisotopic (exact) mass is 417 g/mol. The Morgan fingerprint density at radius 2 is 1.84 bits per heavy atom. The van der Waals surface area contributed by atoms with Gasteiger partial charge in [-0.3, -0.25) is 9.69 Å². The molecular weight excluding hydrogens is 390 g/mol. The molecule has 5 rings (SSSR count). The fourth-order valence-corrected chi connectivity index (χ4v) is 4.80. The van der Waals surface area contributed by atoms with Crippen LogP contribution in [0.5, 0.6) is 5.75 Å². The second-order valence-electron chi connectivity index (χ2n) is 8.49. The number of carbonyl (C=O) groups excluding carboxylic acids is 1. The highest BCUT2D eigenvalue weighted by molar-refractivity contribution is 5.90. The van der Waals surface area contributed by atoms with E-state index in [0.29, 0.717) is 24.2 Å². The third-order valence-electron chi connectivity index (χ3n) is 6.38. The van der Waals surface area contributed by atoms with Gasteiger partial charge in [0, 0.05) is 39.1 Å². The first kappa shape index (κ1) is 19.8. The van der Waals surface area contributed by atoms with Crippen molar-refractivity contribution in [3.05, 3.63) is 77.4 Å². The molecule has 2 atom stereocenters. The van der Waals surface area contributed by atoms with Gasteiger partial charge in [-0.2, -0.15) is 0 Å². The standard InChI is InChI=1S/C24H27N5O2/c1-31-21-9-5-8-18(10-21)13-28-14-19-11-22-26-27-23(29(22)16-20(19)15-28)24(30)25-12-17-6-3-2-4-7-17/h2-10,19-20H,11-16H2,1H3,(H,25,30)/t19-,20+/m0/s1. The van der Waals surface area contributed by atoms with Crippen LogP contribution in [-0.4, -0.2) is 45.8 Å². The number of benzene rings is 2. The fraction of sp³-hybridized carbons (Fsp3) is 0.375. The molecule has 2 aliphatic heterocycles. The van der Waals surface area contributed by atoms with Gasteiger partial charge in [-0.15, -0.1) is 10.2 Å². The zero-order chi connectivity index (χ0) is 21.2. The number of carbonyl (C=O) groups is 1. The van der Waals surface area contributed by atoms with Gasteiger partial charge in [0.05, 0.1) is 7.11 Å². The van der Waals surface area contributed by atoms with Crippen LogP contribution >= 0.6 is 0 Å². The zero-order valence-electron chi connectivity index (χ0n) is 17.7. The van der Waals surface area contributed by atoms with Crippen molar-refractivity contribution in [1.82, 2.24) is 25.0 Å². The Morgan fingerprint density at radius 1 is 1.03 bits per heavy atom. The molecule has 31 heavy (non-hydrogen) atoms. The van der Waals surface area contributed by atoms with Gasteiger partial charge in [-0.05, 0) is 35.1 Å². The smallest absolute Gasteiger partial charge is 0.289 e. The van der Waals surface area contributed by atoms with Crippen molar-refractivity contribution in [3.63, 3.8) is 0 Å². The molecule has 0 aliphatic carbocycles. The van der Waals surface area contributed by atoms with Gasteiger partial charge in [-0.1, -0.05) is 42.5 Å². The van der Waals surface area contributed by atoms with Crippen LogP contribution in [0.3, 0.4) is 0 Å². The second kappa shape index (κ2) is 8.51. The molecule has 7 heteroatoms. The summed E-state index contributed by atoms with van der Waals surface area (Å²) in [6.07, 6.45) is 0.873. The van der Waals surface area contributed by atoms with Crippen molar-refractivity contribution in [3.8, 4) is 5.75 Å². The molecule has 3 aromatic rings. The number of methoxy groups -OCH3 is 1. The molecule has 1 aromatic heterocycles. The molecule has 0 spiro atoms. The number of nitrogens with one attached hydrogen (secondary N) is 1. The minimum atomic E-state index is -0.160. The van der Waals surface area contributed by atoms with Crippen LogP contribution in [0.4, 0.5) is 0 Å². The maximum atomic E-state index is 12.8. The number of fused-ring (bicyclic) bond motifs is 2. The lowest BCUT2D eigenvalue weighted by Gasteiger charge is -2.25. The number of nitrogens with zero attached hydrogens (tertiary/aromatic N) is 4. The van der Waals surface area contributed by atoms with E-state index in [0.717, 1.165) is 49.7 Å². The molecule has 0 unspecified atom stereocenters. The van der Waals surface area contributed by atoms with E-state index in [-0.39, 0.29) is 5.91 Å². The number of amides is 1.